The molecule has 0 spiro atoms. The van der Waals surface area contributed by atoms with Gasteiger partial charge in [-0.15, -0.1) is 0 Å². The number of carbonyl (C=O) groups is 1. The Labute approximate surface area is 152 Å². The molecule has 3 aromatic rings. The number of carbonyl (C=O) groups excluding carboxylic acids is 1. The molecule has 0 saturated carbocycles. The lowest BCUT2D eigenvalue weighted by atomic mass is 10.2. The van der Waals surface area contributed by atoms with Crippen LogP contribution >= 0.6 is 0 Å². The molecule has 0 aliphatic rings. The fourth-order valence-corrected chi connectivity index (χ4v) is 2.38. The molecule has 2 aromatic heterocycles. The Balaban J connectivity index is 1.62. The number of rotatable bonds is 7. The summed E-state index contributed by atoms with van der Waals surface area (Å²) in [5, 5.41) is 6.06. The second kappa shape index (κ2) is 8.62. The minimum atomic E-state index is -0.161. The van der Waals surface area contributed by atoms with E-state index in [1.807, 2.05) is 43.3 Å². The summed E-state index contributed by atoms with van der Waals surface area (Å²) < 4.78 is 5.42. The predicted molar refractivity (Wildman–Crippen MR) is 101 cm³/mol. The van der Waals surface area contributed by atoms with Crippen molar-refractivity contribution >= 4 is 17.4 Å². The van der Waals surface area contributed by atoms with E-state index in [9.17, 15) is 4.79 Å². The molecule has 26 heavy (non-hydrogen) atoms. The minimum absolute atomic E-state index is 0.161. The highest BCUT2D eigenvalue weighted by molar-refractivity contribution is 5.94. The molecular formula is C20H20N4O2. The van der Waals surface area contributed by atoms with Crippen LogP contribution in [0.3, 0.4) is 0 Å². The Morgan fingerprint density at radius 3 is 2.69 bits per heavy atom. The SMILES string of the molecule is CCOc1ccc(Nc2cc(C(=O)NCc3cccnc3)ccn2)cc1. The number of aromatic nitrogens is 2. The zero-order valence-electron chi connectivity index (χ0n) is 14.5. The summed E-state index contributed by atoms with van der Waals surface area (Å²) in [6.07, 6.45) is 5.04. The number of anilines is 2. The highest BCUT2D eigenvalue weighted by atomic mass is 16.5. The molecule has 0 aliphatic carbocycles. The van der Waals surface area contributed by atoms with Crippen LogP contribution in [0.25, 0.3) is 0 Å². The van der Waals surface area contributed by atoms with Gasteiger partial charge in [-0.1, -0.05) is 6.07 Å². The topological polar surface area (TPSA) is 76.1 Å². The highest BCUT2D eigenvalue weighted by Gasteiger charge is 2.07. The molecular weight excluding hydrogens is 328 g/mol. The number of amides is 1. The lowest BCUT2D eigenvalue weighted by Crippen LogP contribution is -2.23. The quantitative estimate of drug-likeness (QED) is 0.683. The summed E-state index contributed by atoms with van der Waals surface area (Å²) in [6, 6.07) is 14.7. The Bertz CT molecular complexity index is 851. The van der Waals surface area contributed by atoms with Crippen LogP contribution in [-0.4, -0.2) is 22.5 Å². The van der Waals surface area contributed by atoms with Gasteiger partial charge in [0.05, 0.1) is 6.61 Å². The fraction of sp³-hybridized carbons (Fsp3) is 0.150. The van der Waals surface area contributed by atoms with Gasteiger partial charge in [-0.3, -0.25) is 9.78 Å². The second-order valence-electron chi connectivity index (χ2n) is 5.56. The zero-order valence-corrected chi connectivity index (χ0v) is 14.5. The van der Waals surface area contributed by atoms with Crippen molar-refractivity contribution in [1.29, 1.82) is 0 Å². The number of hydrogen-bond donors (Lipinski definition) is 2. The largest absolute Gasteiger partial charge is 0.494 e. The lowest BCUT2D eigenvalue weighted by molar-refractivity contribution is 0.0951. The van der Waals surface area contributed by atoms with Crippen LogP contribution in [-0.2, 0) is 6.54 Å². The van der Waals surface area contributed by atoms with E-state index in [0.717, 1.165) is 17.0 Å². The van der Waals surface area contributed by atoms with Crippen molar-refractivity contribution in [2.45, 2.75) is 13.5 Å². The maximum atomic E-state index is 12.3. The zero-order chi connectivity index (χ0) is 18.2. The van der Waals surface area contributed by atoms with Crippen molar-refractivity contribution in [2.75, 3.05) is 11.9 Å². The van der Waals surface area contributed by atoms with E-state index in [4.69, 9.17) is 4.74 Å². The smallest absolute Gasteiger partial charge is 0.251 e. The van der Waals surface area contributed by atoms with E-state index in [1.54, 1.807) is 30.7 Å². The van der Waals surface area contributed by atoms with E-state index in [1.165, 1.54) is 0 Å². The molecule has 6 heteroatoms. The Morgan fingerprint density at radius 2 is 1.96 bits per heavy atom. The molecule has 0 fully saturated rings. The molecule has 132 valence electrons. The molecule has 0 unspecified atom stereocenters. The molecule has 0 bridgehead atoms. The van der Waals surface area contributed by atoms with Gasteiger partial charge in [0.25, 0.3) is 5.91 Å². The molecule has 0 atom stereocenters. The van der Waals surface area contributed by atoms with Crippen LogP contribution in [0.15, 0.2) is 67.1 Å². The van der Waals surface area contributed by atoms with Gasteiger partial charge in [-0.2, -0.15) is 0 Å². The first-order valence-corrected chi connectivity index (χ1v) is 8.37. The highest BCUT2D eigenvalue weighted by Crippen LogP contribution is 2.19. The second-order valence-corrected chi connectivity index (χ2v) is 5.56. The number of benzene rings is 1. The van der Waals surface area contributed by atoms with Gasteiger partial charge in [0.2, 0.25) is 0 Å². The lowest BCUT2D eigenvalue weighted by Gasteiger charge is -2.09. The number of nitrogens with one attached hydrogen (secondary N) is 2. The molecule has 1 aromatic carbocycles. The summed E-state index contributed by atoms with van der Waals surface area (Å²) in [6.45, 7) is 3.00. The number of hydrogen-bond acceptors (Lipinski definition) is 5. The van der Waals surface area contributed by atoms with E-state index < -0.39 is 0 Å². The van der Waals surface area contributed by atoms with Crippen molar-refractivity contribution < 1.29 is 9.53 Å². The first kappa shape index (κ1) is 17.4. The minimum Gasteiger partial charge on any atom is -0.494 e. The molecule has 0 aliphatic heterocycles. The van der Waals surface area contributed by atoms with Gasteiger partial charge in [-0.25, -0.2) is 4.98 Å². The number of ether oxygens (including phenoxy) is 1. The predicted octanol–water partition coefficient (Wildman–Crippen LogP) is 3.55. The van der Waals surface area contributed by atoms with Crippen LogP contribution in [0.4, 0.5) is 11.5 Å². The Morgan fingerprint density at radius 1 is 1.12 bits per heavy atom. The van der Waals surface area contributed by atoms with Crippen molar-refractivity contribution in [2.24, 2.45) is 0 Å². The van der Waals surface area contributed by atoms with Crippen molar-refractivity contribution in [3.05, 3.63) is 78.2 Å². The molecule has 6 nitrogen and oxygen atoms in total. The fourth-order valence-electron chi connectivity index (χ4n) is 2.38. The summed E-state index contributed by atoms with van der Waals surface area (Å²) in [5.74, 6) is 1.25. The summed E-state index contributed by atoms with van der Waals surface area (Å²) in [4.78, 5) is 20.6. The normalized spacial score (nSPS) is 10.2. The molecule has 1 amide bonds. The van der Waals surface area contributed by atoms with Gasteiger partial charge < -0.3 is 15.4 Å². The van der Waals surface area contributed by atoms with Gasteiger partial charge in [0.15, 0.2) is 0 Å². The standard InChI is InChI=1S/C20H20N4O2/c1-2-26-18-7-5-17(6-8-18)24-19-12-16(9-11-22-19)20(25)23-14-15-4-3-10-21-13-15/h3-13H,2,14H2,1H3,(H,22,24)(H,23,25). The monoisotopic (exact) mass is 348 g/mol. The third kappa shape index (κ3) is 4.80. The summed E-state index contributed by atoms with van der Waals surface area (Å²) in [5.41, 5.74) is 2.36. The molecule has 0 radical (unpaired) electrons. The summed E-state index contributed by atoms with van der Waals surface area (Å²) in [7, 11) is 0. The molecule has 2 N–H and O–H groups in total. The van der Waals surface area contributed by atoms with E-state index in [0.29, 0.717) is 24.5 Å². The first-order chi connectivity index (χ1) is 12.7. The summed E-state index contributed by atoms with van der Waals surface area (Å²) >= 11 is 0. The van der Waals surface area contributed by atoms with E-state index in [2.05, 4.69) is 20.6 Å². The van der Waals surface area contributed by atoms with Gasteiger partial charge >= 0.3 is 0 Å². The van der Waals surface area contributed by atoms with Gasteiger partial charge in [0, 0.05) is 36.4 Å². The van der Waals surface area contributed by atoms with Gasteiger partial charge in [0.1, 0.15) is 11.6 Å². The van der Waals surface area contributed by atoms with E-state index >= 15 is 0 Å². The molecule has 3 rings (SSSR count). The van der Waals surface area contributed by atoms with E-state index in [-0.39, 0.29) is 5.91 Å². The maximum absolute atomic E-state index is 12.3. The third-order valence-electron chi connectivity index (χ3n) is 3.64. The molecule has 2 heterocycles. The van der Waals surface area contributed by atoms with Crippen molar-refractivity contribution in [1.82, 2.24) is 15.3 Å². The van der Waals surface area contributed by atoms with Crippen LogP contribution in [0.5, 0.6) is 5.75 Å². The van der Waals surface area contributed by atoms with Crippen LogP contribution < -0.4 is 15.4 Å². The number of nitrogens with zero attached hydrogens (tertiary/aromatic N) is 2. The van der Waals surface area contributed by atoms with Crippen LogP contribution in [0, 0.1) is 0 Å². The van der Waals surface area contributed by atoms with Gasteiger partial charge in [-0.05, 0) is 55.0 Å². The first-order valence-electron chi connectivity index (χ1n) is 8.37. The van der Waals surface area contributed by atoms with Crippen LogP contribution in [0.2, 0.25) is 0 Å². The third-order valence-corrected chi connectivity index (χ3v) is 3.64. The maximum Gasteiger partial charge on any atom is 0.251 e. The Hall–Kier alpha value is -3.41. The van der Waals surface area contributed by atoms with Crippen molar-refractivity contribution in [3.63, 3.8) is 0 Å². The van der Waals surface area contributed by atoms with Crippen LogP contribution in [0.1, 0.15) is 22.8 Å². The number of pyridine rings is 2. The molecule has 0 saturated heterocycles. The average molecular weight is 348 g/mol. The van der Waals surface area contributed by atoms with Crippen molar-refractivity contribution in [3.8, 4) is 5.75 Å². The Kier molecular flexibility index (Phi) is 5.77. The average Bonchev–Trinajstić information content (AvgIpc) is 2.69.